The maximum Gasteiger partial charge on any atom is 0.312 e. The zero-order valence-corrected chi connectivity index (χ0v) is 12.6. The van der Waals surface area contributed by atoms with E-state index >= 15 is 0 Å². The first-order chi connectivity index (χ1) is 10.0. The van der Waals surface area contributed by atoms with Crippen molar-refractivity contribution in [3.8, 4) is 5.75 Å². The zero-order chi connectivity index (χ0) is 15.4. The smallest absolute Gasteiger partial charge is 0.312 e. The number of halogens is 2. The van der Waals surface area contributed by atoms with Gasteiger partial charge in [0.05, 0.1) is 12.0 Å². The summed E-state index contributed by atoms with van der Waals surface area (Å²) >= 11 is 12.1. The number of ether oxygens (including phenoxy) is 1. The minimum Gasteiger partial charge on any atom is -0.490 e. The predicted molar refractivity (Wildman–Crippen MR) is 83.4 cm³/mol. The van der Waals surface area contributed by atoms with Crippen LogP contribution in [0.3, 0.4) is 0 Å². The van der Waals surface area contributed by atoms with E-state index in [1.54, 1.807) is 24.3 Å². The molecule has 7 heteroatoms. The largest absolute Gasteiger partial charge is 0.490 e. The molecule has 0 amide bonds. The second-order valence-corrected chi connectivity index (χ2v) is 5.01. The zero-order valence-electron chi connectivity index (χ0n) is 11.1. The van der Waals surface area contributed by atoms with Crippen LogP contribution >= 0.6 is 23.2 Å². The molecule has 110 valence electrons. The van der Waals surface area contributed by atoms with Crippen molar-refractivity contribution >= 4 is 34.6 Å². The summed E-state index contributed by atoms with van der Waals surface area (Å²) in [5, 5.41) is 15.1. The minimum absolute atomic E-state index is 0.104. The van der Waals surface area contributed by atoms with Crippen molar-refractivity contribution in [2.45, 2.75) is 6.54 Å². The third kappa shape index (κ3) is 3.56. The van der Waals surface area contributed by atoms with Crippen molar-refractivity contribution in [2.24, 2.45) is 0 Å². The van der Waals surface area contributed by atoms with Crippen LogP contribution in [0.25, 0.3) is 0 Å². The summed E-state index contributed by atoms with van der Waals surface area (Å²) in [6.45, 7) is 0.363. The van der Waals surface area contributed by atoms with Crippen molar-refractivity contribution in [1.29, 1.82) is 0 Å². The van der Waals surface area contributed by atoms with Gasteiger partial charge in [-0.15, -0.1) is 0 Å². The molecule has 0 aromatic heterocycles. The molecule has 0 unspecified atom stereocenters. The van der Waals surface area contributed by atoms with E-state index in [0.29, 0.717) is 22.3 Å². The number of nitro benzene ring substituents is 1. The van der Waals surface area contributed by atoms with Crippen LogP contribution in [0.5, 0.6) is 5.75 Å². The normalized spacial score (nSPS) is 10.2. The first-order valence-corrected chi connectivity index (χ1v) is 6.77. The van der Waals surface area contributed by atoms with Crippen LogP contribution in [0.4, 0.5) is 11.4 Å². The van der Waals surface area contributed by atoms with Crippen LogP contribution in [0.1, 0.15) is 5.56 Å². The quantitative estimate of drug-likeness (QED) is 0.648. The maximum atomic E-state index is 11.0. The lowest BCUT2D eigenvalue weighted by Crippen LogP contribution is -2.02. The number of nitrogens with one attached hydrogen (secondary N) is 1. The number of anilines is 1. The molecule has 5 nitrogen and oxygen atoms in total. The number of methoxy groups -OCH3 is 1. The molecule has 0 radical (unpaired) electrons. The van der Waals surface area contributed by atoms with Gasteiger partial charge in [-0.2, -0.15) is 0 Å². The highest BCUT2D eigenvalue weighted by Crippen LogP contribution is 2.31. The molecule has 2 aromatic rings. The Morgan fingerprint density at radius 1 is 1.24 bits per heavy atom. The van der Waals surface area contributed by atoms with E-state index in [1.165, 1.54) is 19.2 Å². The average Bonchev–Trinajstić information content (AvgIpc) is 2.46. The van der Waals surface area contributed by atoms with Crippen molar-refractivity contribution < 1.29 is 9.66 Å². The molecule has 0 heterocycles. The Morgan fingerprint density at radius 3 is 2.48 bits per heavy atom. The molecule has 1 N–H and O–H groups in total. The van der Waals surface area contributed by atoms with E-state index in [4.69, 9.17) is 27.9 Å². The van der Waals surface area contributed by atoms with Crippen LogP contribution in [0.15, 0.2) is 36.4 Å². The van der Waals surface area contributed by atoms with Gasteiger partial charge in [-0.1, -0.05) is 29.3 Å². The van der Waals surface area contributed by atoms with Crippen LogP contribution in [-0.4, -0.2) is 12.0 Å². The van der Waals surface area contributed by atoms with Crippen molar-refractivity contribution in [2.75, 3.05) is 12.4 Å². The molecule has 0 bridgehead atoms. The van der Waals surface area contributed by atoms with Crippen molar-refractivity contribution in [3.63, 3.8) is 0 Å². The predicted octanol–water partition coefficient (Wildman–Crippen LogP) is 4.52. The van der Waals surface area contributed by atoms with Crippen molar-refractivity contribution in [3.05, 3.63) is 62.1 Å². The van der Waals surface area contributed by atoms with Crippen molar-refractivity contribution in [1.82, 2.24) is 0 Å². The number of rotatable bonds is 5. The lowest BCUT2D eigenvalue weighted by molar-refractivity contribution is -0.385. The third-order valence-electron chi connectivity index (χ3n) is 2.91. The monoisotopic (exact) mass is 326 g/mol. The van der Waals surface area contributed by atoms with Gasteiger partial charge in [-0.25, -0.2) is 0 Å². The Bertz CT molecular complexity index is 657. The van der Waals surface area contributed by atoms with Gasteiger partial charge >= 0.3 is 5.69 Å². The molecule has 0 spiro atoms. The summed E-state index contributed by atoms with van der Waals surface area (Å²) in [4.78, 5) is 10.5. The van der Waals surface area contributed by atoms with Gasteiger partial charge in [0.2, 0.25) is 0 Å². The Balaban J connectivity index is 2.21. The number of benzene rings is 2. The number of hydrogen-bond acceptors (Lipinski definition) is 4. The van der Waals surface area contributed by atoms with E-state index in [-0.39, 0.29) is 11.4 Å². The first kappa shape index (κ1) is 15.4. The van der Waals surface area contributed by atoms with Gasteiger partial charge in [-0.3, -0.25) is 10.1 Å². The summed E-state index contributed by atoms with van der Waals surface area (Å²) < 4.78 is 4.95. The number of nitro groups is 1. The fourth-order valence-corrected chi connectivity index (χ4v) is 2.37. The highest BCUT2D eigenvalue weighted by molar-refractivity contribution is 6.36. The SMILES string of the molecule is COc1ccc(NCc2c(Cl)cccc2Cl)cc1[N+](=O)[O-]. The molecular formula is C14H12Cl2N2O3. The number of nitrogens with zero attached hydrogens (tertiary/aromatic N) is 1. The van der Waals surface area contributed by atoms with Gasteiger partial charge in [0.15, 0.2) is 5.75 Å². The van der Waals surface area contributed by atoms with Crippen LogP contribution < -0.4 is 10.1 Å². The second-order valence-electron chi connectivity index (χ2n) is 4.20. The standard InChI is InChI=1S/C14H12Cl2N2O3/c1-21-14-6-5-9(7-13(14)18(19)20)17-8-10-11(15)3-2-4-12(10)16/h2-7,17H,8H2,1H3. The molecule has 0 aliphatic heterocycles. The van der Waals surface area contributed by atoms with E-state index in [9.17, 15) is 10.1 Å². The second kappa shape index (κ2) is 6.65. The summed E-state index contributed by atoms with van der Waals surface area (Å²) in [5.74, 6) is 0.210. The summed E-state index contributed by atoms with van der Waals surface area (Å²) in [5.41, 5.74) is 1.21. The van der Waals surface area contributed by atoms with Gasteiger partial charge in [-0.05, 0) is 24.3 Å². The van der Waals surface area contributed by atoms with Crippen LogP contribution in [-0.2, 0) is 6.54 Å². The summed E-state index contributed by atoms with van der Waals surface area (Å²) in [6.07, 6.45) is 0. The molecule has 21 heavy (non-hydrogen) atoms. The Kier molecular flexibility index (Phi) is 4.88. The molecule has 0 saturated heterocycles. The Hall–Kier alpha value is -1.98. The number of hydrogen-bond donors (Lipinski definition) is 1. The van der Waals surface area contributed by atoms with Crippen LogP contribution in [0.2, 0.25) is 10.0 Å². The molecule has 0 saturated carbocycles. The van der Waals surface area contributed by atoms with Crippen LogP contribution in [0, 0.1) is 10.1 Å². The molecular weight excluding hydrogens is 315 g/mol. The molecule has 0 atom stereocenters. The van der Waals surface area contributed by atoms with Gasteiger partial charge in [0.25, 0.3) is 0 Å². The lowest BCUT2D eigenvalue weighted by Gasteiger charge is -2.10. The highest BCUT2D eigenvalue weighted by Gasteiger charge is 2.15. The summed E-state index contributed by atoms with van der Waals surface area (Å²) in [7, 11) is 1.39. The molecule has 0 aliphatic rings. The highest BCUT2D eigenvalue weighted by atomic mass is 35.5. The third-order valence-corrected chi connectivity index (χ3v) is 3.61. The van der Waals surface area contributed by atoms with Gasteiger partial charge in [0.1, 0.15) is 0 Å². The Morgan fingerprint density at radius 2 is 1.90 bits per heavy atom. The minimum atomic E-state index is -0.494. The maximum absolute atomic E-state index is 11.0. The van der Waals surface area contributed by atoms with E-state index in [2.05, 4.69) is 5.32 Å². The average molecular weight is 327 g/mol. The molecule has 0 fully saturated rings. The summed E-state index contributed by atoms with van der Waals surface area (Å²) in [6, 6.07) is 9.86. The lowest BCUT2D eigenvalue weighted by atomic mass is 10.2. The van der Waals surface area contributed by atoms with E-state index in [0.717, 1.165) is 5.56 Å². The van der Waals surface area contributed by atoms with E-state index < -0.39 is 4.92 Å². The Labute approximate surface area is 131 Å². The van der Waals surface area contributed by atoms with Gasteiger partial charge in [0, 0.05) is 33.9 Å². The molecule has 2 aromatic carbocycles. The first-order valence-electron chi connectivity index (χ1n) is 6.02. The van der Waals surface area contributed by atoms with E-state index in [1.807, 2.05) is 0 Å². The fraction of sp³-hybridized carbons (Fsp3) is 0.143. The fourth-order valence-electron chi connectivity index (χ4n) is 1.83. The topological polar surface area (TPSA) is 64.4 Å². The van der Waals surface area contributed by atoms with Gasteiger partial charge < -0.3 is 10.1 Å². The molecule has 2 rings (SSSR count). The molecule has 0 aliphatic carbocycles.